The van der Waals surface area contributed by atoms with Crippen molar-refractivity contribution in [2.45, 2.75) is 40.0 Å². The molecule has 0 unspecified atom stereocenters. The molecule has 0 fully saturated rings. The lowest BCUT2D eigenvalue weighted by atomic mass is 10.0. The highest BCUT2D eigenvalue weighted by Gasteiger charge is 1.94. The van der Waals surface area contributed by atoms with Crippen molar-refractivity contribution in [3.05, 3.63) is 36.0 Å². The predicted molar refractivity (Wildman–Crippen MR) is 57.2 cm³/mol. The minimum absolute atomic E-state index is 1.14. The van der Waals surface area contributed by atoms with Crippen molar-refractivity contribution in [2.24, 2.45) is 0 Å². The van der Waals surface area contributed by atoms with Gasteiger partial charge in [-0.1, -0.05) is 43.7 Å². The van der Waals surface area contributed by atoms with E-state index in [9.17, 15) is 0 Å². The van der Waals surface area contributed by atoms with Gasteiger partial charge in [-0.05, 0) is 32.3 Å². The first-order chi connectivity index (χ1) is 5.72. The van der Waals surface area contributed by atoms with Gasteiger partial charge in [0.05, 0.1) is 0 Å². The molecule has 0 aliphatic carbocycles. The topological polar surface area (TPSA) is 0 Å². The lowest BCUT2D eigenvalue weighted by molar-refractivity contribution is 0.793. The SMILES string of the molecule is C=C(CCCC)/C(C)=C\C=C/C. The molecule has 0 heteroatoms. The second kappa shape index (κ2) is 6.90. The molecule has 0 bridgehead atoms. The summed E-state index contributed by atoms with van der Waals surface area (Å²) in [6.45, 7) is 10.4. The molecule has 0 spiro atoms. The van der Waals surface area contributed by atoms with Crippen LogP contribution < -0.4 is 0 Å². The third-order valence-electron chi connectivity index (χ3n) is 1.93. The Morgan fingerprint density at radius 1 is 1.42 bits per heavy atom. The van der Waals surface area contributed by atoms with Crippen molar-refractivity contribution in [3.8, 4) is 0 Å². The summed E-state index contributed by atoms with van der Waals surface area (Å²) in [6, 6.07) is 0. The van der Waals surface area contributed by atoms with Crippen LogP contribution in [0.5, 0.6) is 0 Å². The maximum absolute atomic E-state index is 4.04. The zero-order chi connectivity index (χ0) is 9.40. The Balaban J connectivity index is 3.92. The van der Waals surface area contributed by atoms with Crippen LogP contribution >= 0.6 is 0 Å². The van der Waals surface area contributed by atoms with E-state index < -0.39 is 0 Å². The van der Waals surface area contributed by atoms with Crippen LogP contribution in [0.2, 0.25) is 0 Å². The molecule has 0 aromatic carbocycles. The van der Waals surface area contributed by atoms with Gasteiger partial charge in [-0.2, -0.15) is 0 Å². The van der Waals surface area contributed by atoms with Crippen LogP contribution in [-0.2, 0) is 0 Å². The highest BCUT2D eigenvalue weighted by Crippen LogP contribution is 2.14. The molecule has 0 heterocycles. The first-order valence-electron chi connectivity index (χ1n) is 4.70. The summed E-state index contributed by atoms with van der Waals surface area (Å²) in [5.74, 6) is 0. The fourth-order valence-electron chi connectivity index (χ4n) is 0.946. The number of unbranched alkanes of at least 4 members (excludes halogenated alkanes) is 1. The summed E-state index contributed by atoms with van der Waals surface area (Å²) in [5.41, 5.74) is 2.58. The molecular weight excluding hydrogens is 144 g/mol. The van der Waals surface area contributed by atoms with Crippen LogP contribution in [0.15, 0.2) is 36.0 Å². The van der Waals surface area contributed by atoms with E-state index in [-0.39, 0.29) is 0 Å². The van der Waals surface area contributed by atoms with Gasteiger partial charge in [-0.3, -0.25) is 0 Å². The highest BCUT2D eigenvalue weighted by atomic mass is 14.0. The Morgan fingerprint density at radius 2 is 2.08 bits per heavy atom. The summed E-state index contributed by atoms with van der Waals surface area (Å²) in [4.78, 5) is 0. The van der Waals surface area contributed by atoms with Gasteiger partial charge in [0.25, 0.3) is 0 Å². The second-order valence-electron chi connectivity index (χ2n) is 3.08. The van der Waals surface area contributed by atoms with Gasteiger partial charge in [0.15, 0.2) is 0 Å². The Kier molecular flexibility index (Phi) is 6.45. The molecule has 0 radical (unpaired) electrons. The summed E-state index contributed by atoms with van der Waals surface area (Å²) >= 11 is 0. The number of allylic oxidation sites excluding steroid dienone is 5. The monoisotopic (exact) mass is 164 g/mol. The number of hydrogen-bond donors (Lipinski definition) is 0. The molecule has 0 saturated carbocycles. The van der Waals surface area contributed by atoms with Crippen molar-refractivity contribution in [1.29, 1.82) is 0 Å². The van der Waals surface area contributed by atoms with Gasteiger partial charge in [0.1, 0.15) is 0 Å². The fourth-order valence-corrected chi connectivity index (χ4v) is 0.946. The molecule has 68 valence electrons. The fraction of sp³-hybridized carbons (Fsp3) is 0.500. The van der Waals surface area contributed by atoms with Crippen molar-refractivity contribution in [2.75, 3.05) is 0 Å². The van der Waals surface area contributed by atoms with E-state index in [0.29, 0.717) is 0 Å². The van der Waals surface area contributed by atoms with Crippen molar-refractivity contribution < 1.29 is 0 Å². The minimum atomic E-state index is 1.14. The molecule has 0 N–H and O–H groups in total. The molecule has 0 aliphatic heterocycles. The Morgan fingerprint density at radius 3 is 2.58 bits per heavy atom. The molecule has 12 heavy (non-hydrogen) atoms. The third kappa shape index (κ3) is 4.95. The molecule has 0 amide bonds. The normalized spacial score (nSPS) is 12.4. The van der Waals surface area contributed by atoms with Crippen LogP contribution in [0.4, 0.5) is 0 Å². The molecule has 0 atom stereocenters. The van der Waals surface area contributed by atoms with E-state index in [1.807, 2.05) is 13.0 Å². The van der Waals surface area contributed by atoms with Crippen LogP contribution in [0, 0.1) is 0 Å². The van der Waals surface area contributed by atoms with Gasteiger partial charge in [-0.25, -0.2) is 0 Å². The van der Waals surface area contributed by atoms with Crippen molar-refractivity contribution in [1.82, 2.24) is 0 Å². The minimum Gasteiger partial charge on any atom is -0.0956 e. The Hall–Kier alpha value is -0.780. The zero-order valence-corrected chi connectivity index (χ0v) is 8.56. The number of hydrogen-bond acceptors (Lipinski definition) is 0. The average molecular weight is 164 g/mol. The van der Waals surface area contributed by atoms with E-state index in [4.69, 9.17) is 0 Å². The summed E-state index contributed by atoms with van der Waals surface area (Å²) in [7, 11) is 0. The maximum Gasteiger partial charge on any atom is -0.0282 e. The van der Waals surface area contributed by atoms with E-state index in [1.54, 1.807) is 0 Å². The van der Waals surface area contributed by atoms with Gasteiger partial charge < -0.3 is 0 Å². The molecule has 0 rings (SSSR count). The summed E-state index contributed by atoms with van der Waals surface area (Å²) in [6.07, 6.45) is 9.85. The average Bonchev–Trinajstić information content (AvgIpc) is 2.10. The van der Waals surface area contributed by atoms with E-state index >= 15 is 0 Å². The van der Waals surface area contributed by atoms with Crippen LogP contribution in [0.25, 0.3) is 0 Å². The Labute approximate surface area is 76.7 Å². The second-order valence-corrected chi connectivity index (χ2v) is 3.08. The van der Waals surface area contributed by atoms with E-state index in [1.165, 1.54) is 24.0 Å². The summed E-state index contributed by atoms with van der Waals surface area (Å²) in [5, 5.41) is 0. The lowest BCUT2D eigenvalue weighted by Gasteiger charge is -2.03. The van der Waals surface area contributed by atoms with E-state index in [2.05, 4.69) is 32.6 Å². The van der Waals surface area contributed by atoms with Gasteiger partial charge in [0, 0.05) is 0 Å². The third-order valence-corrected chi connectivity index (χ3v) is 1.93. The van der Waals surface area contributed by atoms with Crippen LogP contribution in [0.1, 0.15) is 40.0 Å². The largest absolute Gasteiger partial charge is 0.0956 e. The van der Waals surface area contributed by atoms with E-state index in [0.717, 1.165) is 6.42 Å². The first-order valence-corrected chi connectivity index (χ1v) is 4.70. The van der Waals surface area contributed by atoms with Crippen LogP contribution in [-0.4, -0.2) is 0 Å². The quantitative estimate of drug-likeness (QED) is 0.533. The van der Waals surface area contributed by atoms with Crippen LogP contribution in [0.3, 0.4) is 0 Å². The lowest BCUT2D eigenvalue weighted by Crippen LogP contribution is -1.83. The first kappa shape index (κ1) is 11.2. The molecular formula is C12H20. The van der Waals surface area contributed by atoms with Gasteiger partial charge in [-0.15, -0.1) is 0 Å². The predicted octanol–water partition coefficient (Wildman–Crippen LogP) is 4.26. The molecule has 0 aromatic heterocycles. The maximum atomic E-state index is 4.04. The summed E-state index contributed by atoms with van der Waals surface area (Å²) < 4.78 is 0. The standard InChI is InChI=1S/C12H20/c1-5-7-9-11(3)12(4)10-8-6-2/h6,8,10H,3,5,7,9H2,1-2,4H3/b8-6-,12-10-. The van der Waals surface area contributed by atoms with Crippen molar-refractivity contribution >= 4 is 0 Å². The number of rotatable bonds is 5. The highest BCUT2D eigenvalue weighted by molar-refractivity contribution is 5.29. The zero-order valence-electron chi connectivity index (χ0n) is 8.56. The molecule has 0 aromatic rings. The van der Waals surface area contributed by atoms with Gasteiger partial charge in [0.2, 0.25) is 0 Å². The van der Waals surface area contributed by atoms with Crippen molar-refractivity contribution in [3.63, 3.8) is 0 Å². The van der Waals surface area contributed by atoms with Gasteiger partial charge >= 0.3 is 0 Å². The molecule has 0 aliphatic rings. The smallest absolute Gasteiger partial charge is 0.0282 e. The Bertz CT molecular complexity index is 182. The molecule has 0 nitrogen and oxygen atoms in total. The molecule has 0 saturated heterocycles.